The maximum Gasteiger partial charge on any atom is 0.334 e. The fourth-order valence-electron chi connectivity index (χ4n) is 1.04. The molecule has 72 valence electrons. The van der Waals surface area contributed by atoms with Crippen molar-refractivity contribution in [1.29, 1.82) is 0 Å². The molecule has 0 spiro atoms. The third-order valence-corrected chi connectivity index (χ3v) is 1.52. The third-order valence-electron chi connectivity index (χ3n) is 1.52. The molecule has 6 heteroatoms. The first-order valence-corrected chi connectivity index (χ1v) is 3.78. The minimum Gasteiger partial charge on any atom is -0.259 e. The highest BCUT2D eigenvalue weighted by atomic mass is 16.2. The summed E-state index contributed by atoms with van der Waals surface area (Å²) in [7, 11) is 0. The summed E-state index contributed by atoms with van der Waals surface area (Å²) in [6, 6.07) is 0. The molecule has 0 bridgehead atoms. The Morgan fingerprint density at radius 3 is 1.69 bits per heavy atom. The summed E-state index contributed by atoms with van der Waals surface area (Å²) in [6.45, 7) is 5.09. The fraction of sp³-hybridized carbons (Fsp3) is 0.571. The number of rotatable bonds is 0. The van der Waals surface area contributed by atoms with Crippen LogP contribution in [0.3, 0.4) is 0 Å². The molecule has 0 unspecified atom stereocenters. The van der Waals surface area contributed by atoms with Crippen LogP contribution in [0.15, 0.2) is 14.4 Å². The summed E-state index contributed by atoms with van der Waals surface area (Å²) >= 11 is 0. The van der Waals surface area contributed by atoms with Crippen molar-refractivity contribution < 1.29 is 0 Å². The topological polar surface area (TPSA) is 87.7 Å². The highest BCUT2D eigenvalue weighted by Gasteiger charge is 2.17. The van der Waals surface area contributed by atoms with Crippen LogP contribution in [0, 0.1) is 0 Å². The molecule has 0 atom stereocenters. The average molecular weight is 185 g/mol. The van der Waals surface area contributed by atoms with Crippen molar-refractivity contribution in [2.45, 2.75) is 26.3 Å². The molecule has 2 N–H and O–H groups in total. The van der Waals surface area contributed by atoms with Gasteiger partial charge in [0.15, 0.2) is 0 Å². The van der Waals surface area contributed by atoms with Crippen LogP contribution in [0.25, 0.3) is 0 Å². The minimum absolute atomic E-state index is 0.644. The number of hydrogen-bond donors (Lipinski definition) is 2. The zero-order valence-corrected chi connectivity index (χ0v) is 7.67. The molecule has 0 amide bonds. The smallest absolute Gasteiger partial charge is 0.259 e. The van der Waals surface area contributed by atoms with Crippen LogP contribution in [0.5, 0.6) is 0 Å². The molecule has 13 heavy (non-hydrogen) atoms. The highest BCUT2D eigenvalue weighted by molar-refractivity contribution is 4.79. The first-order chi connectivity index (χ1) is 5.82. The lowest BCUT2D eigenvalue weighted by Crippen LogP contribution is -2.49. The molecule has 0 saturated heterocycles. The predicted octanol–water partition coefficient (Wildman–Crippen LogP) is -1.02. The number of aromatic nitrogens is 3. The Labute approximate surface area is 73.2 Å². The van der Waals surface area contributed by atoms with E-state index < -0.39 is 22.6 Å². The second-order valence-electron chi connectivity index (χ2n) is 3.70. The van der Waals surface area contributed by atoms with Crippen molar-refractivity contribution in [2.24, 2.45) is 0 Å². The van der Waals surface area contributed by atoms with E-state index in [2.05, 4.69) is 0 Å². The molecule has 1 aromatic rings. The van der Waals surface area contributed by atoms with E-state index in [1.165, 1.54) is 0 Å². The third kappa shape index (κ3) is 1.77. The first kappa shape index (κ1) is 9.50. The van der Waals surface area contributed by atoms with Gasteiger partial charge >= 0.3 is 17.1 Å². The highest BCUT2D eigenvalue weighted by Crippen LogP contribution is 2.05. The minimum atomic E-state index is -0.782. The van der Waals surface area contributed by atoms with Gasteiger partial charge in [-0.25, -0.2) is 19.0 Å². The number of H-pyrrole nitrogens is 2. The summed E-state index contributed by atoms with van der Waals surface area (Å²) in [5.74, 6) is 0. The van der Waals surface area contributed by atoms with E-state index in [0.29, 0.717) is 0 Å². The van der Waals surface area contributed by atoms with E-state index in [0.717, 1.165) is 4.57 Å². The van der Waals surface area contributed by atoms with E-state index in [9.17, 15) is 14.4 Å². The molecular formula is C7H11N3O3. The van der Waals surface area contributed by atoms with Crippen molar-refractivity contribution in [2.75, 3.05) is 0 Å². The van der Waals surface area contributed by atoms with Crippen LogP contribution in [-0.2, 0) is 5.54 Å². The van der Waals surface area contributed by atoms with Gasteiger partial charge in [0.2, 0.25) is 0 Å². The molecule has 0 fully saturated rings. The Kier molecular flexibility index (Phi) is 1.99. The van der Waals surface area contributed by atoms with Crippen LogP contribution in [0.2, 0.25) is 0 Å². The average Bonchev–Trinajstić information content (AvgIpc) is 1.78. The summed E-state index contributed by atoms with van der Waals surface area (Å²) in [5.41, 5.74) is -2.81. The lowest BCUT2D eigenvalue weighted by molar-refractivity contribution is 0.356. The lowest BCUT2D eigenvalue weighted by atomic mass is 10.1. The van der Waals surface area contributed by atoms with E-state index in [1.807, 2.05) is 9.97 Å². The molecular weight excluding hydrogens is 174 g/mol. The standard InChI is InChI=1S/C7H11N3O3/c1-7(2,3)10-5(12)8-4(11)9-6(10)13/h1-3H3,(H2,8,9,11,12,13). The normalized spacial score (nSPS) is 11.6. The van der Waals surface area contributed by atoms with Crippen LogP contribution in [-0.4, -0.2) is 14.5 Å². The molecule has 0 aliphatic heterocycles. The van der Waals surface area contributed by atoms with Crippen LogP contribution < -0.4 is 17.1 Å². The van der Waals surface area contributed by atoms with E-state index in [-0.39, 0.29) is 0 Å². The number of nitrogens with one attached hydrogen (secondary N) is 2. The summed E-state index contributed by atoms with van der Waals surface area (Å²) in [5, 5.41) is 0. The first-order valence-electron chi connectivity index (χ1n) is 3.78. The Morgan fingerprint density at radius 2 is 1.38 bits per heavy atom. The molecule has 0 aromatic carbocycles. The maximum absolute atomic E-state index is 11.2. The van der Waals surface area contributed by atoms with Gasteiger partial charge in [0.05, 0.1) is 0 Å². The maximum atomic E-state index is 11.2. The van der Waals surface area contributed by atoms with Gasteiger partial charge in [-0.2, -0.15) is 0 Å². The number of nitrogens with zero attached hydrogens (tertiary/aromatic N) is 1. The van der Waals surface area contributed by atoms with Gasteiger partial charge in [-0.3, -0.25) is 9.97 Å². The van der Waals surface area contributed by atoms with E-state index >= 15 is 0 Å². The van der Waals surface area contributed by atoms with Crippen molar-refractivity contribution in [1.82, 2.24) is 14.5 Å². The van der Waals surface area contributed by atoms with Gasteiger partial charge in [0.25, 0.3) is 0 Å². The van der Waals surface area contributed by atoms with Gasteiger partial charge in [-0.15, -0.1) is 0 Å². The van der Waals surface area contributed by atoms with Crippen molar-refractivity contribution in [3.8, 4) is 0 Å². The van der Waals surface area contributed by atoms with Gasteiger partial charge in [-0.1, -0.05) is 0 Å². The SMILES string of the molecule is CC(C)(C)n1c(=O)[nH]c(=O)[nH]c1=O. The molecule has 1 rings (SSSR count). The second-order valence-corrected chi connectivity index (χ2v) is 3.70. The zero-order chi connectivity index (χ0) is 10.2. The summed E-state index contributed by atoms with van der Waals surface area (Å²) in [6.07, 6.45) is 0. The Hall–Kier alpha value is -1.59. The van der Waals surface area contributed by atoms with Crippen molar-refractivity contribution in [3.05, 3.63) is 31.5 Å². The van der Waals surface area contributed by atoms with Crippen LogP contribution in [0.4, 0.5) is 0 Å². The van der Waals surface area contributed by atoms with Gasteiger partial charge in [-0.05, 0) is 20.8 Å². The largest absolute Gasteiger partial charge is 0.334 e. The van der Waals surface area contributed by atoms with E-state index in [1.54, 1.807) is 20.8 Å². The quantitative estimate of drug-likeness (QED) is 0.542. The molecule has 0 radical (unpaired) electrons. The van der Waals surface area contributed by atoms with Crippen LogP contribution in [0.1, 0.15) is 20.8 Å². The molecule has 0 saturated carbocycles. The van der Waals surface area contributed by atoms with Crippen LogP contribution >= 0.6 is 0 Å². The second kappa shape index (κ2) is 2.72. The molecule has 6 nitrogen and oxygen atoms in total. The number of aromatic amines is 2. The Bertz CT molecular complexity index is 437. The van der Waals surface area contributed by atoms with Gasteiger partial charge in [0.1, 0.15) is 0 Å². The van der Waals surface area contributed by atoms with Gasteiger partial charge < -0.3 is 0 Å². The van der Waals surface area contributed by atoms with Crippen molar-refractivity contribution >= 4 is 0 Å². The Morgan fingerprint density at radius 1 is 1.00 bits per heavy atom. The molecule has 0 aliphatic rings. The summed E-state index contributed by atoms with van der Waals surface area (Å²) in [4.78, 5) is 37.0. The van der Waals surface area contributed by atoms with Crippen molar-refractivity contribution in [3.63, 3.8) is 0 Å². The van der Waals surface area contributed by atoms with E-state index in [4.69, 9.17) is 0 Å². The Balaban J connectivity index is 3.67. The molecule has 1 aromatic heterocycles. The predicted molar refractivity (Wildman–Crippen MR) is 46.9 cm³/mol. The zero-order valence-electron chi connectivity index (χ0n) is 7.67. The summed E-state index contributed by atoms with van der Waals surface area (Å²) < 4.78 is 0.953. The van der Waals surface area contributed by atoms with Gasteiger partial charge in [0, 0.05) is 5.54 Å². The molecule has 0 aliphatic carbocycles. The number of hydrogen-bond acceptors (Lipinski definition) is 3. The monoisotopic (exact) mass is 185 g/mol. The molecule has 1 heterocycles. The lowest BCUT2D eigenvalue weighted by Gasteiger charge is -2.19. The fourth-order valence-corrected chi connectivity index (χ4v) is 1.04.